The molecule has 0 radical (unpaired) electrons. The second-order valence-electron chi connectivity index (χ2n) is 2.63. The monoisotopic (exact) mass is 187 g/mol. The summed E-state index contributed by atoms with van der Waals surface area (Å²) in [6, 6.07) is 9.52. The van der Waals surface area contributed by atoms with Gasteiger partial charge in [-0.05, 0) is 22.9 Å². The smallest absolute Gasteiger partial charge is 0.152 e. The van der Waals surface area contributed by atoms with Crippen LogP contribution in [0.25, 0.3) is 16.1 Å². The van der Waals surface area contributed by atoms with Crippen molar-refractivity contribution in [2.24, 2.45) is 0 Å². The molecule has 2 rings (SSSR count). The van der Waals surface area contributed by atoms with E-state index < -0.39 is 0 Å². The maximum absolute atomic E-state index is 8.75. The molecule has 1 aromatic carbocycles. The van der Waals surface area contributed by atoms with Gasteiger partial charge in [0.1, 0.15) is 0 Å². The van der Waals surface area contributed by atoms with Crippen LogP contribution in [0.15, 0.2) is 41.1 Å². The van der Waals surface area contributed by atoms with Crippen molar-refractivity contribution in [2.75, 3.05) is 0 Å². The Morgan fingerprint density at radius 1 is 1.15 bits per heavy atom. The molecule has 2 aromatic rings. The van der Waals surface area contributed by atoms with Gasteiger partial charge in [0, 0.05) is 11.6 Å². The number of nitrogens with zero attached hydrogens (tertiary/aromatic N) is 2. The van der Waals surface area contributed by atoms with E-state index in [9.17, 15) is 0 Å². The highest BCUT2D eigenvalue weighted by Crippen LogP contribution is 2.31. The van der Waals surface area contributed by atoms with E-state index in [4.69, 9.17) is 5.39 Å². The third-order valence-electron chi connectivity index (χ3n) is 1.84. The van der Waals surface area contributed by atoms with Crippen LogP contribution in [0.1, 0.15) is 0 Å². The molecule has 13 heavy (non-hydrogen) atoms. The van der Waals surface area contributed by atoms with Crippen LogP contribution >= 0.6 is 11.3 Å². The average molecular weight is 187 g/mol. The number of diazo groups is 1. The summed E-state index contributed by atoms with van der Waals surface area (Å²) in [6.45, 7) is 0. The number of benzene rings is 1. The zero-order valence-electron chi connectivity index (χ0n) is 6.84. The van der Waals surface area contributed by atoms with Gasteiger partial charge in [0.05, 0.1) is 5.56 Å². The summed E-state index contributed by atoms with van der Waals surface area (Å²) in [5.74, 6) is 0. The lowest BCUT2D eigenvalue weighted by Crippen LogP contribution is -1.72. The van der Waals surface area contributed by atoms with Gasteiger partial charge >= 0.3 is 5.69 Å². The van der Waals surface area contributed by atoms with E-state index in [1.807, 2.05) is 35.0 Å². The maximum Gasteiger partial charge on any atom is 0.392 e. The van der Waals surface area contributed by atoms with Gasteiger partial charge in [0.15, 0.2) is 4.98 Å². The lowest BCUT2D eigenvalue weighted by Gasteiger charge is -1.91. The maximum atomic E-state index is 8.75. The molecule has 0 bridgehead atoms. The predicted octanol–water partition coefficient (Wildman–Crippen LogP) is 3.90. The summed E-state index contributed by atoms with van der Waals surface area (Å²) in [5, 5.41) is 12.8. The normalized spacial score (nSPS) is 9.46. The Bertz CT molecular complexity index is 440. The molecule has 0 N–H and O–H groups in total. The first-order valence-electron chi connectivity index (χ1n) is 3.88. The van der Waals surface area contributed by atoms with Crippen LogP contribution in [-0.4, -0.2) is 0 Å². The second kappa shape index (κ2) is 3.38. The minimum absolute atomic E-state index is 0.612. The molecule has 1 aromatic heterocycles. The van der Waals surface area contributed by atoms with Crippen LogP contribution in [0.5, 0.6) is 0 Å². The van der Waals surface area contributed by atoms with Crippen molar-refractivity contribution in [3.63, 3.8) is 0 Å². The lowest BCUT2D eigenvalue weighted by atomic mass is 10.1. The fraction of sp³-hybridized carbons (Fsp3) is 0. The van der Waals surface area contributed by atoms with Crippen LogP contribution in [0.2, 0.25) is 0 Å². The number of rotatable bonds is 1. The largest absolute Gasteiger partial charge is 0.392 e. The van der Waals surface area contributed by atoms with Crippen molar-refractivity contribution in [2.45, 2.75) is 0 Å². The molecule has 0 fully saturated rings. The Kier molecular flexibility index (Phi) is 2.07. The molecule has 2 nitrogen and oxygen atoms in total. The third-order valence-corrected chi connectivity index (χ3v) is 2.53. The van der Waals surface area contributed by atoms with Gasteiger partial charge in [0.25, 0.3) is 0 Å². The summed E-state index contributed by atoms with van der Waals surface area (Å²) in [7, 11) is 0. The molecular weight excluding hydrogens is 180 g/mol. The number of hydrogen-bond donors (Lipinski definition) is 0. The third kappa shape index (κ3) is 1.44. The van der Waals surface area contributed by atoms with Crippen LogP contribution in [0.3, 0.4) is 0 Å². The Morgan fingerprint density at radius 2 is 2.00 bits per heavy atom. The molecule has 0 aliphatic heterocycles. The fourth-order valence-corrected chi connectivity index (χ4v) is 1.88. The average Bonchev–Trinajstić information content (AvgIpc) is 2.70. The van der Waals surface area contributed by atoms with Crippen LogP contribution < -0.4 is 0 Å². The van der Waals surface area contributed by atoms with E-state index in [-0.39, 0.29) is 0 Å². The minimum atomic E-state index is 0.612. The molecule has 1 heterocycles. The van der Waals surface area contributed by atoms with E-state index in [0.29, 0.717) is 5.69 Å². The molecule has 0 saturated heterocycles. The molecule has 3 heteroatoms. The first kappa shape index (κ1) is 7.96. The molecule has 0 amide bonds. The second-order valence-corrected chi connectivity index (χ2v) is 3.41. The molecule has 0 aliphatic rings. The highest BCUT2D eigenvalue weighted by atomic mass is 32.1. The standard InChI is InChI=1S/C10H7N2S/c11-12-10-4-2-1-3-9(10)8-5-6-13-7-8/h1-7H/q+1. The van der Waals surface area contributed by atoms with Crippen molar-refractivity contribution in [1.29, 1.82) is 5.39 Å². The first-order valence-corrected chi connectivity index (χ1v) is 4.83. The van der Waals surface area contributed by atoms with Gasteiger partial charge in [-0.3, -0.25) is 0 Å². The zero-order valence-corrected chi connectivity index (χ0v) is 7.66. The van der Waals surface area contributed by atoms with Crippen molar-refractivity contribution < 1.29 is 0 Å². The fourth-order valence-electron chi connectivity index (χ4n) is 1.22. The summed E-state index contributed by atoms with van der Waals surface area (Å²) < 4.78 is 0. The number of thiophene rings is 1. The van der Waals surface area contributed by atoms with E-state index in [1.54, 1.807) is 17.4 Å². The molecule has 0 spiro atoms. The quantitative estimate of drug-likeness (QED) is 0.622. The minimum Gasteiger partial charge on any atom is -0.152 e. The predicted molar refractivity (Wildman–Crippen MR) is 54.5 cm³/mol. The van der Waals surface area contributed by atoms with Crippen LogP contribution in [0, 0.1) is 5.39 Å². The highest BCUT2D eigenvalue weighted by molar-refractivity contribution is 7.08. The Hall–Kier alpha value is -1.66. The Labute approximate surface area is 80.1 Å². The van der Waals surface area contributed by atoms with Gasteiger partial charge < -0.3 is 0 Å². The summed E-state index contributed by atoms with van der Waals surface area (Å²) in [6.07, 6.45) is 0. The van der Waals surface area contributed by atoms with E-state index in [2.05, 4.69) is 4.98 Å². The van der Waals surface area contributed by atoms with Crippen molar-refractivity contribution in [3.8, 4) is 11.1 Å². The molecule has 0 unspecified atom stereocenters. The lowest BCUT2D eigenvalue weighted by molar-refractivity contribution is 1.46. The van der Waals surface area contributed by atoms with Gasteiger partial charge in [-0.25, -0.2) is 0 Å². The van der Waals surface area contributed by atoms with Crippen molar-refractivity contribution in [3.05, 3.63) is 46.1 Å². The van der Waals surface area contributed by atoms with Crippen molar-refractivity contribution >= 4 is 17.0 Å². The topological polar surface area (TPSA) is 28.1 Å². The molecule has 0 aliphatic carbocycles. The van der Waals surface area contributed by atoms with E-state index in [0.717, 1.165) is 11.1 Å². The van der Waals surface area contributed by atoms with Gasteiger partial charge in [-0.2, -0.15) is 11.3 Å². The Morgan fingerprint density at radius 3 is 2.69 bits per heavy atom. The van der Waals surface area contributed by atoms with E-state index >= 15 is 0 Å². The molecular formula is C10H7N2S+. The summed E-state index contributed by atoms with van der Waals surface area (Å²) >= 11 is 1.63. The Balaban J connectivity index is 2.59. The summed E-state index contributed by atoms with van der Waals surface area (Å²) in [4.78, 5) is 3.23. The van der Waals surface area contributed by atoms with Crippen LogP contribution in [-0.2, 0) is 0 Å². The zero-order chi connectivity index (χ0) is 9.10. The highest BCUT2D eigenvalue weighted by Gasteiger charge is 2.13. The van der Waals surface area contributed by atoms with Gasteiger partial charge in [0.2, 0.25) is 5.39 Å². The SMILES string of the molecule is N#[N+]c1ccccc1-c1ccsc1. The molecule has 0 atom stereocenters. The molecule has 62 valence electrons. The summed E-state index contributed by atoms with van der Waals surface area (Å²) in [5.41, 5.74) is 2.67. The number of hydrogen-bond acceptors (Lipinski definition) is 2. The molecule has 0 saturated carbocycles. The van der Waals surface area contributed by atoms with Crippen LogP contribution in [0.4, 0.5) is 5.69 Å². The van der Waals surface area contributed by atoms with E-state index in [1.165, 1.54) is 0 Å². The van der Waals surface area contributed by atoms with Crippen molar-refractivity contribution in [1.82, 2.24) is 0 Å². The van der Waals surface area contributed by atoms with Gasteiger partial charge in [-0.1, -0.05) is 12.1 Å². The first-order chi connectivity index (χ1) is 6.42. The van der Waals surface area contributed by atoms with Gasteiger partial charge in [-0.15, -0.1) is 0 Å².